The lowest BCUT2D eigenvalue weighted by molar-refractivity contribution is -0.384. The molecule has 0 spiro atoms. The van der Waals surface area contributed by atoms with E-state index in [0.717, 1.165) is 16.5 Å². The number of sulfonamides is 1. The van der Waals surface area contributed by atoms with Gasteiger partial charge in [-0.25, -0.2) is 8.42 Å². The van der Waals surface area contributed by atoms with Crippen LogP contribution in [0.4, 0.5) is 5.69 Å². The summed E-state index contributed by atoms with van der Waals surface area (Å²) in [5.41, 5.74) is 0.971. The Morgan fingerprint density at radius 1 is 1.16 bits per heavy atom. The van der Waals surface area contributed by atoms with Crippen molar-refractivity contribution in [1.29, 1.82) is 0 Å². The maximum Gasteiger partial charge on any atom is 0.269 e. The Labute approximate surface area is 198 Å². The van der Waals surface area contributed by atoms with E-state index in [0.29, 0.717) is 29.7 Å². The van der Waals surface area contributed by atoms with Crippen molar-refractivity contribution >= 4 is 43.4 Å². The van der Waals surface area contributed by atoms with Crippen LogP contribution in [0.5, 0.6) is 0 Å². The van der Waals surface area contributed by atoms with Crippen molar-refractivity contribution in [2.75, 3.05) is 6.54 Å². The molecule has 9 nitrogen and oxygen atoms in total. The number of thioether (sulfide) groups is 1. The molecule has 1 saturated heterocycles. The van der Waals surface area contributed by atoms with Gasteiger partial charge in [-0.05, 0) is 42.7 Å². The molecule has 0 saturated carbocycles. The highest BCUT2D eigenvalue weighted by Gasteiger charge is 2.39. The number of nitro groups is 1. The summed E-state index contributed by atoms with van der Waals surface area (Å²) < 4.78 is 30.6. The zero-order valence-electron chi connectivity index (χ0n) is 17.1. The highest BCUT2D eigenvalue weighted by Crippen LogP contribution is 2.37. The van der Waals surface area contributed by atoms with Gasteiger partial charge in [0.15, 0.2) is 11.0 Å². The van der Waals surface area contributed by atoms with Crippen molar-refractivity contribution in [3.63, 3.8) is 0 Å². The summed E-state index contributed by atoms with van der Waals surface area (Å²) in [4.78, 5) is 10.6. The van der Waals surface area contributed by atoms with Crippen molar-refractivity contribution in [2.24, 2.45) is 7.05 Å². The van der Waals surface area contributed by atoms with Crippen molar-refractivity contribution in [2.45, 2.75) is 34.7 Å². The van der Waals surface area contributed by atoms with E-state index in [9.17, 15) is 18.5 Å². The summed E-state index contributed by atoms with van der Waals surface area (Å²) in [6.45, 7) is 0.432. The summed E-state index contributed by atoms with van der Waals surface area (Å²) in [6.07, 6.45) is 1.42. The second-order valence-electron chi connectivity index (χ2n) is 7.34. The average molecular weight is 538 g/mol. The number of benzene rings is 2. The number of aromatic nitrogens is 3. The lowest BCUT2D eigenvalue weighted by atomic mass is 10.2. The first-order chi connectivity index (χ1) is 15.3. The molecule has 0 radical (unpaired) electrons. The molecule has 0 bridgehead atoms. The van der Waals surface area contributed by atoms with E-state index in [-0.39, 0.29) is 16.6 Å². The molecular weight excluding hydrogens is 518 g/mol. The Bertz CT molecular complexity index is 1230. The maximum atomic E-state index is 13.2. The predicted octanol–water partition coefficient (Wildman–Crippen LogP) is 4.30. The predicted molar refractivity (Wildman–Crippen MR) is 124 cm³/mol. The summed E-state index contributed by atoms with van der Waals surface area (Å²) in [5.74, 6) is 1.17. The van der Waals surface area contributed by atoms with Crippen LogP contribution in [-0.2, 0) is 22.8 Å². The summed E-state index contributed by atoms with van der Waals surface area (Å²) in [7, 11) is -1.83. The summed E-state index contributed by atoms with van der Waals surface area (Å²) in [5, 5.41) is 20.0. The van der Waals surface area contributed by atoms with Gasteiger partial charge >= 0.3 is 0 Å². The molecule has 4 rings (SSSR count). The van der Waals surface area contributed by atoms with Crippen LogP contribution in [-0.4, -0.2) is 39.0 Å². The fraction of sp³-hybridized carbons (Fsp3) is 0.300. The van der Waals surface area contributed by atoms with E-state index in [2.05, 4.69) is 26.1 Å². The van der Waals surface area contributed by atoms with E-state index in [4.69, 9.17) is 0 Å². The minimum atomic E-state index is -3.66. The number of halogens is 1. The number of non-ortho nitro benzene ring substituents is 1. The smallest absolute Gasteiger partial charge is 0.269 e. The lowest BCUT2D eigenvalue weighted by Crippen LogP contribution is -2.32. The molecule has 0 N–H and O–H groups in total. The first kappa shape index (κ1) is 22.9. The second-order valence-corrected chi connectivity index (χ2v) is 11.1. The fourth-order valence-corrected chi connectivity index (χ4v) is 6.42. The van der Waals surface area contributed by atoms with Gasteiger partial charge in [-0.3, -0.25) is 10.1 Å². The monoisotopic (exact) mass is 537 g/mol. The van der Waals surface area contributed by atoms with Crippen molar-refractivity contribution < 1.29 is 13.3 Å². The first-order valence-electron chi connectivity index (χ1n) is 9.80. The van der Waals surface area contributed by atoms with Crippen molar-refractivity contribution in [1.82, 2.24) is 19.1 Å². The van der Waals surface area contributed by atoms with Gasteiger partial charge in [-0.15, -0.1) is 10.2 Å². The highest BCUT2D eigenvalue weighted by molar-refractivity contribution is 9.10. The summed E-state index contributed by atoms with van der Waals surface area (Å²) in [6, 6.07) is 12.6. The molecule has 1 aliphatic heterocycles. The van der Waals surface area contributed by atoms with Gasteiger partial charge in [-0.2, -0.15) is 4.31 Å². The van der Waals surface area contributed by atoms with Crippen LogP contribution in [0.25, 0.3) is 0 Å². The third kappa shape index (κ3) is 4.58. The Morgan fingerprint density at radius 2 is 1.84 bits per heavy atom. The van der Waals surface area contributed by atoms with Gasteiger partial charge in [0.2, 0.25) is 10.0 Å². The molecule has 0 unspecified atom stereocenters. The second kappa shape index (κ2) is 9.30. The van der Waals surface area contributed by atoms with Crippen LogP contribution < -0.4 is 0 Å². The SMILES string of the molecule is Cn1c(SCc2ccc([N+](=O)[O-])cc2)nnc1[C@@H]1CCCN1S(=O)(=O)c1ccc(Br)cc1. The molecule has 1 aromatic heterocycles. The average Bonchev–Trinajstić information content (AvgIpc) is 3.40. The molecule has 1 aliphatic rings. The Kier molecular flexibility index (Phi) is 6.65. The third-order valence-electron chi connectivity index (χ3n) is 5.31. The number of hydrogen-bond acceptors (Lipinski definition) is 7. The van der Waals surface area contributed by atoms with Gasteiger partial charge in [0.1, 0.15) is 0 Å². The van der Waals surface area contributed by atoms with Crippen LogP contribution in [0.2, 0.25) is 0 Å². The molecule has 168 valence electrons. The standard InChI is InChI=1S/C20H20BrN5O4S2/c1-24-19(22-23-20(24)31-13-14-4-8-16(9-5-14)26(27)28)18-3-2-12-25(18)32(29,30)17-10-6-15(21)7-11-17/h4-11,18H,2-3,12-13H2,1H3/t18-/m0/s1. The normalized spacial score (nSPS) is 17.0. The third-order valence-corrected chi connectivity index (χ3v) is 8.85. The minimum Gasteiger partial charge on any atom is -0.308 e. The van der Waals surface area contributed by atoms with E-state index in [1.807, 2.05) is 11.6 Å². The van der Waals surface area contributed by atoms with Gasteiger partial charge in [0.25, 0.3) is 5.69 Å². The van der Waals surface area contributed by atoms with Gasteiger partial charge in [0.05, 0.1) is 15.9 Å². The topological polar surface area (TPSA) is 111 Å². The highest BCUT2D eigenvalue weighted by atomic mass is 79.9. The molecule has 1 fully saturated rings. The molecule has 0 amide bonds. The van der Waals surface area contributed by atoms with Crippen LogP contribution in [0, 0.1) is 10.1 Å². The van der Waals surface area contributed by atoms with Crippen LogP contribution >= 0.6 is 27.7 Å². The molecule has 32 heavy (non-hydrogen) atoms. The quantitative estimate of drug-likeness (QED) is 0.251. The van der Waals surface area contributed by atoms with Crippen LogP contribution in [0.3, 0.4) is 0 Å². The van der Waals surface area contributed by atoms with Crippen LogP contribution in [0.15, 0.2) is 63.1 Å². The molecule has 1 atom stereocenters. The van der Waals surface area contributed by atoms with Gasteiger partial charge in [0, 0.05) is 36.0 Å². The lowest BCUT2D eigenvalue weighted by Gasteiger charge is -2.23. The first-order valence-corrected chi connectivity index (χ1v) is 13.0. The fourth-order valence-electron chi connectivity index (χ4n) is 3.63. The number of nitrogens with zero attached hydrogens (tertiary/aromatic N) is 5. The van der Waals surface area contributed by atoms with E-state index < -0.39 is 14.9 Å². The Balaban J connectivity index is 1.51. The van der Waals surface area contributed by atoms with Crippen molar-refractivity contribution in [3.8, 4) is 0 Å². The van der Waals surface area contributed by atoms with Crippen molar-refractivity contribution in [3.05, 3.63) is 74.5 Å². The molecule has 0 aliphatic carbocycles. The Morgan fingerprint density at radius 3 is 2.50 bits per heavy atom. The number of rotatable bonds is 7. The molecule has 3 aromatic rings. The molecule has 2 heterocycles. The summed E-state index contributed by atoms with van der Waals surface area (Å²) >= 11 is 4.78. The number of hydrogen-bond donors (Lipinski definition) is 0. The van der Waals surface area contributed by atoms with Crippen LogP contribution in [0.1, 0.15) is 30.3 Å². The van der Waals surface area contributed by atoms with E-state index >= 15 is 0 Å². The van der Waals surface area contributed by atoms with E-state index in [1.54, 1.807) is 36.4 Å². The number of nitro benzene ring substituents is 1. The molecule has 2 aromatic carbocycles. The largest absolute Gasteiger partial charge is 0.308 e. The molecular formula is C20H20BrN5O4S2. The maximum absolute atomic E-state index is 13.2. The molecule has 12 heteroatoms. The zero-order chi connectivity index (χ0) is 22.9. The zero-order valence-corrected chi connectivity index (χ0v) is 20.3. The van der Waals surface area contributed by atoms with Gasteiger partial charge < -0.3 is 4.57 Å². The Hall–Kier alpha value is -2.28. The van der Waals surface area contributed by atoms with E-state index in [1.165, 1.54) is 28.2 Å². The van der Waals surface area contributed by atoms with Gasteiger partial charge in [-0.1, -0.05) is 39.8 Å². The minimum absolute atomic E-state index is 0.0491.